The van der Waals surface area contributed by atoms with Gasteiger partial charge in [0.1, 0.15) is 6.04 Å². The quantitative estimate of drug-likeness (QED) is 0.663. The molecule has 4 rings (SSSR count). The SMILES string of the molecule is C[C@]1(CNCc2ccc3c(c2)C(=O)N(C2CCC(=O)NC2=O)C3)CCCN1. The summed E-state index contributed by atoms with van der Waals surface area (Å²) in [6, 6.07) is 5.39. The predicted octanol–water partition coefficient (Wildman–Crippen LogP) is 0.679. The monoisotopic (exact) mass is 370 g/mol. The van der Waals surface area contributed by atoms with E-state index in [0.717, 1.165) is 24.2 Å². The summed E-state index contributed by atoms with van der Waals surface area (Å²) in [4.78, 5) is 37.9. The van der Waals surface area contributed by atoms with Gasteiger partial charge >= 0.3 is 0 Å². The minimum absolute atomic E-state index is 0.120. The standard InChI is InChI=1S/C20H26N4O3/c1-20(7-2-8-22-20)12-21-10-13-3-4-14-11-24(19(27)15(14)9-13)16-5-6-17(25)23-18(16)26/h3-4,9,16,21-22H,2,5-8,10-12H2,1H3,(H,23,25,26)/t16?,20-/m1/s1. The van der Waals surface area contributed by atoms with Crippen molar-refractivity contribution in [2.45, 2.75) is 57.3 Å². The van der Waals surface area contributed by atoms with E-state index in [0.29, 0.717) is 25.1 Å². The Balaban J connectivity index is 1.40. The van der Waals surface area contributed by atoms with Gasteiger partial charge in [-0.3, -0.25) is 19.7 Å². The van der Waals surface area contributed by atoms with E-state index in [4.69, 9.17) is 0 Å². The van der Waals surface area contributed by atoms with Crippen LogP contribution < -0.4 is 16.0 Å². The molecule has 0 spiro atoms. The van der Waals surface area contributed by atoms with Crippen molar-refractivity contribution < 1.29 is 14.4 Å². The first-order chi connectivity index (χ1) is 13.0. The number of hydrogen-bond acceptors (Lipinski definition) is 5. The largest absolute Gasteiger partial charge is 0.322 e. The highest BCUT2D eigenvalue weighted by Gasteiger charge is 2.39. The molecule has 0 radical (unpaired) electrons. The number of fused-ring (bicyclic) bond motifs is 1. The second-order valence-corrected chi connectivity index (χ2v) is 8.09. The van der Waals surface area contributed by atoms with Gasteiger partial charge in [-0.25, -0.2) is 0 Å². The molecule has 3 aliphatic heterocycles. The van der Waals surface area contributed by atoms with Crippen molar-refractivity contribution in [1.29, 1.82) is 0 Å². The van der Waals surface area contributed by atoms with E-state index in [2.05, 4.69) is 22.9 Å². The highest BCUT2D eigenvalue weighted by atomic mass is 16.2. The average Bonchev–Trinajstić information content (AvgIpc) is 3.20. The van der Waals surface area contributed by atoms with E-state index in [1.807, 2.05) is 18.2 Å². The molecule has 0 aliphatic carbocycles. The van der Waals surface area contributed by atoms with Crippen LogP contribution in [0, 0.1) is 0 Å². The topological polar surface area (TPSA) is 90.5 Å². The van der Waals surface area contributed by atoms with Crippen molar-refractivity contribution in [2.75, 3.05) is 13.1 Å². The first-order valence-electron chi connectivity index (χ1n) is 9.67. The molecule has 7 heteroatoms. The molecule has 0 aromatic heterocycles. The number of imide groups is 1. The lowest BCUT2D eigenvalue weighted by atomic mass is 10.0. The summed E-state index contributed by atoms with van der Waals surface area (Å²) >= 11 is 0. The zero-order chi connectivity index (χ0) is 19.0. The van der Waals surface area contributed by atoms with Crippen LogP contribution in [-0.2, 0) is 22.7 Å². The molecule has 1 aromatic rings. The van der Waals surface area contributed by atoms with E-state index >= 15 is 0 Å². The van der Waals surface area contributed by atoms with Crippen molar-refractivity contribution in [1.82, 2.24) is 20.9 Å². The lowest BCUT2D eigenvalue weighted by Crippen LogP contribution is -2.52. The van der Waals surface area contributed by atoms with Gasteiger partial charge in [0, 0.05) is 37.2 Å². The number of carbonyl (C=O) groups excluding carboxylic acids is 3. The third kappa shape index (κ3) is 3.61. The average molecular weight is 370 g/mol. The van der Waals surface area contributed by atoms with E-state index in [9.17, 15) is 14.4 Å². The molecule has 3 heterocycles. The van der Waals surface area contributed by atoms with E-state index in [1.165, 1.54) is 12.8 Å². The zero-order valence-corrected chi connectivity index (χ0v) is 15.6. The van der Waals surface area contributed by atoms with Gasteiger partial charge in [0.2, 0.25) is 11.8 Å². The number of carbonyl (C=O) groups is 3. The maximum Gasteiger partial charge on any atom is 0.255 e. The Morgan fingerprint density at radius 3 is 2.89 bits per heavy atom. The van der Waals surface area contributed by atoms with Crippen molar-refractivity contribution >= 4 is 17.7 Å². The zero-order valence-electron chi connectivity index (χ0n) is 15.6. The molecule has 7 nitrogen and oxygen atoms in total. The molecule has 3 aliphatic rings. The summed E-state index contributed by atoms with van der Waals surface area (Å²) in [7, 11) is 0. The van der Waals surface area contributed by atoms with Gasteiger partial charge in [-0.15, -0.1) is 0 Å². The molecule has 2 atom stereocenters. The van der Waals surface area contributed by atoms with Crippen LogP contribution >= 0.6 is 0 Å². The summed E-state index contributed by atoms with van der Waals surface area (Å²) in [5, 5.41) is 9.36. The van der Waals surface area contributed by atoms with Gasteiger partial charge in [0.25, 0.3) is 5.91 Å². The first-order valence-corrected chi connectivity index (χ1v) is 9.67. The molecule has 3 N–H and O–H groups in total. The van der Waals surface area contributed by atoms with E-state index in [-0.39, 0.29) is 29.7 Å². The molecular weight excluding hydrogens is 344 g/mol. The van der Waals surface area contributed by atoms with Crippen LogP contribution in [0.1, 0.15) is 54.1 Å². The van der Waals surface area contributed by atoms with Crippen LogP contribution in [0.2, 0.25) is 0 Å². The summed E-state index contributed by atoms with van der Waals surface area (Å²) in [5.74, 6) is -0.753. The number of benzene rings is 1. The van der Waals surface area contributed by atoms with E-state index in [1.54, 1.807) is 4.90 Å². The van der Waals surface area contributed by atoms with Crippen molar-refractivity contribution in [2.24, 2.45) is 0 Å². The minimum Gasteiger partial charge on any atom is -0.322 e. The molecule has 3 amide bonds. The fraction of sp³-hybridized carbons (Fsp3) is 0.550. The Bertz CT molecular complexity index is 785. The molecule has 1 aromatic carbocycles. The maximum absolute atomic E-state index is 12.8. The first kappa shape index (κ1) is 18.1. The van der Waals surface area contributed by atoms with Crippen LogP contribution in [0.15, 0.2) is 18.2 Å². The summed E-state index contributed by atoms with van der Waals surface area (Å²) in [6.07, 6.45) is 3.05. The summed E-state index contributed by atoms with van der Waals surface area (Å²) in [5.41, 5.74) is 2.82. The van der Waals surface area contributed by atoms with Crippen LogP contribution in [-0.4, -0.2) is 47.3 Å². The predicted molar refractivity (Wildman–Crippen MR) is 99.8 cm³/mol. The number of rotatable bonds is 5. The van der Waals surface area contributed by atoms with Crippen molar-refractivity contribution in [3.63, 3.8) is 0 Å². The Labute approximate surface area is 158 Å². The number of nitrogens with zero attached hydrogens (tertiary/aromatic N) is 1. The van der Waals surface area contributed by atoms with Crippen LogP contribution in [0.4, 0.5) is 0 Å². The van der Waals surface area contributed by atoms with Gasteiger partial charge in [0.15, 0.2) is 0 Å². The molecular formula is C20H26N4O3. The highest BCUT2D eigenvalue weighted by molar-refractivity contribution is 6.05. The fourth-order valence-corrected chi connectivity index (χ4v) is 4.30. The third-order valence-corrected chi connectivity index (χ3v) is 5.89. The number of nitrogens with one attached hydrogen (secondary N) is 3. The number of hydrogen-bond donors (Lipinski definition) is 3. The molecule has 0 saturated carbocycles. The Hall–Kier alpha value is -2.25. The second kappa shape index (κ2) is 7.05. The van der Waals surface area contributed by atoms with E-state index < -0.39 is 6.04 Å². The Morgan fingerprint density at radius 2 is 2.15 bits per heavy atom. The van der Waals surface area contributed by atoms with Crippen LogP contribution in [0.25, 0.3) is 0 Å². The molecule has 0 bridgehead atoms. The third-order valence-electron chi connectivity index (χ3n) is 5.89. The van der Waals surface area contributed by atoms with Crippen molar-refractivity contribution in [3.05, 3.63) is 34.9 Å². The van der Waals surface area contributed by atoms with Crippen molar-refractivity contribution in [3.8, 4) is 0 Å². The molecule has 2 saturated heterocycles. The summed E-state index contributed by atoms with van der Waals surface area (Å²) < 4.78 is 0. The van der Waals surface area contributed by atoms with Gasteiger partial charge in [-0.2, -0.15) is 0 Å². The lowest BCUT2D eigenvalue weighted by Gasteiger charge is -2.29. The van der Waals surface area contributed by atoms with Crippen LogP contribution in [0.5, 0.6) is 0 Å². The smallest absolute Gasteiger partial charge is 0.255 e. The second-order valence-electron chi connectivity index (χ2n) is 8.09. The minimum atomic E-state index is -0.558. The van der Waals surface area contributed by atoms with Gasteiger partial charge < -0.3 is 15.5 Å². The van der Waals surface area contributed by atoms with Gasteiger partial charge in [0.05, 0.1) is 0 Å². The normalized spacial score (nSPS) is 27.8. The number of amides is 3. The Morgan fingerprint density at radius 1 is 1.30 bits per heavy atom. The van der Waals surface area contributed by atoms with Crippen LogP contribution in [0.3, 0.4) is 0 Å². The lowest BCUT2D eigenvalue weighted by molar-refractivity contribution is -0.136. The fourth-order valence-electron chi connectivity index (χ4n) is 4.30. The van der Waals surface area contributed by atoms with Gasteiger partial charge in [-0.1, -0.05) is 12.1 Å². The highest BCUT2D eigenvalue weighted by Crippen LogP contribution is 2.28. The summed E-state index contributed by atoms with van der Waals surface area (Å²) in [6.45, 7) is 5.32. The van der Waals surface area contributed by atoms with Gasteiger partial charge in [-0.05, 0) is 49.9 Å². The Kier molecular flexibility index (Phi) is 4.74. The molecule has 1 unspecified atom stereocenters. The number of piperidine rings is 1. The molecule has 2 fully saturated rings. The maximum atomic E-state index is 12.8. The molecule has 144 valence electrons. The molecule has 27 heavy (non-hydrogen) atoms.